The highest BCUT2D eigenvalue weighted by Crippen LogP contribution is 2.29. The molecule has 1 N–H and O–H groups in total. The van der Waals surface area contributed by atoms with Crippen molar-refractivity contribution in [3.05, 3.63) is 18.2 Å². The molecule has 0 unspecified atom stereocenters. The van der Waals surface area contributed by atoms with Gasteiger partial charge in [0.25, 0.3) is 0 Å². The Bertz CT molecular complexity index is 351. The summed E-state index contributed by atoms with van der Waals surface area (Å²) >= 11 is 0. The molecule has 3 nitrogen and oxygen atoms in total. The van der Waals surface area contributed by atoms with Gasteiger partial charge in [-0.3, -0.25) is 0 Å². The van der Waals surface area contributed by atoms with Crippen LogP contribution in [-0.2, 0) is 0 Å². The predicted molar refractivity (Wildman–Crippen MR) is 64.3 cm³/mol. The van der Waals surface area contributed by atoms with Gasteiger partial charge in [0.05, 0.1) is 6.10 Å². The lowest BCUT2D eigenvalue weighted by Gasteiger charge is -2.22. The summed E-state index contributed by atoms with van der Waals surface area (Å²) < 4.78 is 11.2. The first-order valence-corrected chi connectivity index (χ1v) is 5.46. The highest BCUT2D eigenvalue weighted by Gasteiger charge is 2.13. The molecule has 0 fully saturated rings. The number of rotatable bonds is 3. The van der Waals surface area contributed by atoms with Crippen LogP contribution in [-0.4, -0.2) is 16.8 Å². The lowest BCUT2D eigenvalue weighted by atomic mass is 10.2. The predicted octanol–water partition coefficient (Wildman–Crippen LogP) is 3.36. The first-order chi connectivity index (χ1) is 7.26. The minimum atomic E-state index is -0.289. The molecule has 0 bridgehead atoms. The number of ether oxygens (including phenoxy) is 2. The summed E-state index contributed by atoms with van der Waals surface area (Å²) in [7, 11) is 0. The lowest BCUT2D eigenvalue weighted by Crippen LogP contribution is -2.22. The minimum Gasteiger partial charge on any atom is -0.508 e. The molecule has 1 rings (SSSR count). The van der Waals surface area contributed by atoms with Gasteiger partial charge in [-0.05, 0) is 34.6 Å². The standard InChI is InChI=1S/C13H20O3/c1-9(2)15-11-6-10(14)7-12(8-11)16-13(3,4)5/h6-9,14H,1-5H3. The molecule has 0 spiro atoms. The zero-order chi connectivity index (χ0) is 12.3. The summed E-state index contributed by atoms with van der Waals surface area (Å²) in [6, 6.07) is 4.94. The van der Waals surface area contributed by atoms with Gasteiger partial charge >= 0.3 is 0 Å². The molecule has 0 aromatic heterocycles. The summed E-state index contributed by atoms with van der Waals surface area (Å²) in [6.45, 7) is 9.75. The van der Waals surface area contributed by atoms with Crippen molar-refractivity contribution in [2.45, 2.75) is 46.3 Å². The summed E-state index contributed by atoms with van der Waals surface area (Å²) in [5, 5.41) is 9.54. The SMILES string of the molecule is CC(C)Oc1cc(O)cc(OC(C)(C)C)c1. The van der Waals surface area contributed by atoms with Crippen molar-refractivity contribution < 1.29 is 14.6 Å². The van der Waals surface area contributed by atoms with Crippen molar-refractivity contribution in [1.82, 2.24) is 0 Å². The maximum absolute atomic E-state index is 9.54. The number of aromatic hydroxyl groups is 1. The van der Waals surface area contributed by atoms with E-state index in [0.717, 1.165) is 0 Å². The van der Waals surface area contributed by atoms with Crippen LogP contribution in [0.2, 0.25) is 0 Å². The largest absolute Gasteiger partial charge is 0.508 e. The van der Waals surface area contributed by atoms with E-state index in [-0.39, 0.29) is 17.5 Å². The van der Waals surface area contributed by atoms with Crippen LogP contribution >= 0.6 is 0 Å². The molecule has 90 valence electrons. The molecular weight excluding hydrogens is 204 g/mol. The smallest absolute Gasteiger partial charge is 0.127 e. The van der Waals surface area contributed by atoms with Gasteiger partial charge in [-0.2, -0.15) is 0 Å². The number of hydrogen-bond acceptors (Lipinski definition) is 3. The molecule has 0 aliphatic heterocycles. The molecule has 0 radical (unpaired) electrons. The molecule has 0 atom stereocenters. The van der Waals surface area contributed by atoms with Crippen molar-refractivity contribution in [3.63, 3.8) is 0 Å². The highest BCUT2D eigenvalue weighted by molar-refractivity contribution is 5.41. The van der Waals surface area contributed by atoms with Crippen LogP contribution in [0.15, 0.2) is 18.2 Å². The Morgan fingerprint density at radius 1 is 1.06 bits per heavy atom. The van der Waals surface area contributed by atoms with Gasteiger partial charge in [-0.15, -0.1) is 0 Å². The van der Waals surface area contributed by atoms with Crippen LogP contribution in [0.4, 0.5) is 0 Å². The summed E-state index contributed by atoms with van der Waals surface area (Å²) in [5.74, 6) is 1.38. The average molecular weight is 224 g/mol. The molecule has 1 aromatic carbocycles. The van der Waals surface area contributed by atoms with Crippen LogP contribution < -0.4 is 9.47 Å². The van der Waals surface area contributed by atoms with Gasteiger partial charge in [0.2, 0.25) is 0 Å². The molecule has 16 heavy (non-hydrogen) atoms. The van der Waals surface area contributed by atoms with Crippen LogP contribution in [0, 0.1) is 0 Å². The van der Waals surface area contributed by atoms with E-state index in [2.05, 4.69) is 0 Å². The third-order valence-corrected chi connectivity index (χ3v) is 1.66. The molecule has 0 heterocycles. The molecule has 0 aliphatic rings. The third kappa shape index (κ3) is 4.43. The van der Waals surface area contributed by atoms with Gasteiger partial charge in [0.15, 0.2) is 0 Å². The molecule has 0 aliphatic carbocycles. The average Bonchev–Trinajstić information content (AvgIpc) is 1.96. The van der Waals surface area contributed by atoms with Crippen molar-refractivity contribution in [1.29, 1.82) is 0 Å². The van der Waals surface area contributed by atoms with E-state index in [9.17, 15) is 5.11 Å². The second-order valence-corrected chi connectivity index (χ2v) is 5.04. The zero-order valence-electron chi connectivity index (χ0n) is 10.6. The Morgan fingerprint density at radius 3 is 2.12 bits per heavy atom. The summed E-state index contributed by atoms with van der Waals surface area (Å²) in [4.78, 5) is 0. The summed E-state index contributed by atoms with van der Waals surface area (Å²) in [5.41, 5.74) is -0.289. The van der Waals surface area contributed by atoms with E-state index in [0.29, 0.717) is 11.5 Å². The van der Waals surface area contributed by atoms with Gasteiger partial charge in [-0.25, -0.2) is 0 Å². The van der Waals surface area contributed by atoms with Crippen molar-refractivity contribution >= 4 is 0 Å². The van der Waals surface area contributed by atoms with E-state index in [1.165, 1.54) is 0 Å². The van der Waals surface area contributed by atoms with E-state index in [1.54, 1.807) is 18.2 Å². The monoisotopic (exact) mass is 224 g/mol. The highest BCUT2D eigenvalue weighted by atomic mass is 16.5. The topological polar surface area (TPSA) is 38.7 Å². The fraction of sp³-hybridized carbons (Fsp3) is 0.538. The van der Waals surface area contributed by atoms with Crippen LogP contribution in [0.25, 0.3) is 0 Å². The fourth-order valence-corrected chi connectivity index (χ4v) is 1.31. The van der Waals surface area contributed by atoms with E-state index >= 15 is 0 Å². The third-order valence-electron chi connectivity index (χ3n) is 1.66. The maximum atomic E-state index is 9.54. The summed E-state index contributed by atoms with van der Waals surface area (Å²) in [6.07, 6.45) is 0.0734. The van der Waals surface area contributed by atoms with Crippen molar-refractivity contribution in [2.75, 3.05) is 0 Å². The lowest BCUT2D eigenvalue weighted by molar-refractivity contribution is 0.129. The number of phenolic OH excluding ortho intramolecular Hbond substituents is 1. The van der Waals surface area contributed by atoms with Crippen LogP contribution in [0.5, 0.6) is 17.2 Å². The Kier molecular flexibility index (Phi) is 3.68. The van der Waals surface area contributed by atoms with E-state index < -0.39 is 0 Å². The molecule has 3 heteroatoms. The molecule has 0 saturated carbocycles. The van der Waals surface area contributed by atoms with E-state index in [1.807, 2.05) is 34.6 Å². The van der Waals surface area contributed by atoms with Gasteiger partial charge in [-0.1, -0.05) is 0 Å². The Morgan fingerprint density at radius 2 is 1.62 bits per heavy atom. The second-order valence-electron chi connectivity index (χ2n) is 5.04. The number of hydrogen-bond donors (Lipinski definition) is 1. The minimum absolute atomic E-state index is 0.0734. The molecule has 0 amide bonds. The van der Waals surface area contributed by atoms with Crippen LogP contribution in [0.1, 0.15) is 34.6 Å². The number of benzene rings is 1. The fourth-order valence-electron chi connectivity index (χ4n) is 1.31. The van der Waals surface area contributed by atoms with E-state index in [4.69, 9.17) is 9.47 Å². The zero-order valence-corrected chi connectivity index (χ0v) is 10.6. The first kappa shape index (κ1) is 12.7. The Labute approximate surface area is 97.0 Å². The Hall–Kier alpha value is -1.38. The maximum Gasteiger partial charge on any atom is 0.127 e. The van der Waals surface area contributed by atoms with Crippen molar-refractivity contribution in [3.8, 4) is 17.2 Å². The van der Waals surface area contributed by atoms with Gasteiger partial charge in [0.1, 0.15) is 22.8 Å². The van der Waals surface area contributed by atoms with Crippen LogP contribution in [0.3, 0.4) is 0 Å². The quantitative estimate of drug-likeness (QED) is 0.855. The van der Waals surface area contributed by atoms with Crippen molar-refractivity contribution in [2.24, 2.45) is 0 Å². The molecule has 1 aromatic rings. The normalized spacial score (nSPS) is 11.6. The van der Waals surface area contributed by atoms with Gasteiger partial charge < -0.3 is 14.6 Å². The second kappa shape index (κ2) is 4.64. The number of phenols is 1. The molecular formula is C13H20O3. The molecule has 0 saturated heterocycles. The Balaban J connectivity index is 2.90. The first-order valence-electron chi connectivity index (χ1n) is 5.46. The van der Waals surface area contributed by atoms with Gasteiger partial charge in [0, 0.05) is 18.2 Å².